The highest BCUT2D eigenvalue weighted by Crippen LogP contribution is 2.11. The molecule has 0 saturated carbocycles. The number of benzene rings is 1. The Bertz CT molecular complexity index is 428. The van der Waals surface area contributed by atoms with Crippen LogP contribution in [0.2, 0.25) is 0 Å². The maximum absolute atomic E-state index is 11.7. The molecule has 1 aromatic carbocycles. The summed E-state index contributed by atoms with van der Waals surface area (Å²) in [6.45, 7) is 1.40. The number of carbonyl (C=O) groups is 2. The van der Waals surface area contributed by atoms with Gasteiger partial charge in [0.05, 0.1) is 11.7 Å². The van der Waals surface area contributed by atoms with Crippen LogP contribution in [0.4, 0.5) is 0 Å². The molecule has 1 aromatic rings. The minimum atomic E-state index is -1.71. The van der Waals surface area contributed by atoms with Crippen LogP contribution in [0.25, 0.3) is 0 Å². The second kappa shape index (κ2) is 6.86. The lowest BCUT2D eigenvalue weighted by atomic mass is 10.1. The minimum Gasteiger partial charge on any atom is -0.478 e. The van der Waals surface area contributed by atoms with Gasteiger partial charge in [0.1, 0.15) is 6.10 Å². The average Bonchev–Trinajstić information content (AvgIpc) is 2.35. The molecular formula is C13H16O6. The molecule has 3 unspecified atom stereocenters. The van der Waals surface area contributed by atoms with Crippen molar-refractivity contribution in [2.75, 3.05) is 0 Å². The third kappa shape index (κ3) is 4.69. The first-order chi connectivity index (χ1) is 8.91. The largest absolute Gasteiger partial charge is 0.478 e. The highest BCUT2D eigenvalue weighted by molar-refractivity contribution is 5.91. The molecule has 6 heteroatoms. The quantitative estimate of drug-likeness (QED) is 0.646. The van der Waals surface area contributed by atoms with Gasteiger partial charge < -0.3 is 20.1 Å². The molecular weight excluding hydrogens is 252 g/mol. The van der Waals surface area contributed by atoms with Crippen LogP contribution >= 0.6 is 0 Å². The monoisotopic (exact) mass is 268 g/mol. The Morgan fingerprint density at radius 3 is 2.26 bits per heavy atom. The van der Waals surface area contributed by atoms with Crippen molar-refractivity contribution in [1.82, 2.24) is 0 Å². The Kier molecular flexibility index (Phi) is 5.47. The molecule has 19 heavy (non-hydrogen) atoms. The third-order valence-corrected chi connectivity index (χ3v) is 2.42. The van der Waals surface area contributed by atoms with Crippen LogP contribution in [0, 0.1) is 0 Å². The molecule has 0 aliphatic heterocycles. The number of ether oxygens (including phenoxy) is 1. The summed E-state index contributed by atoms with van der Waals surface area (Å²) < 4.78 is 4.76. The van der Waals surface area contributed by atoms with E-state index in [0.717, 1.165) is 0 Å². The van der Waals surface area contributed by atoms with Gasteiger partial charge in [0.25, 0.3) is 0 Å². The molecule has 3 N–H and O–H groups in total. The van der Waals surface area contributed by atoms with Crippen LogP contribution < -0.4 is 0 Å². The standard InChI is InChI=1S/C13H16O6/c1-8(14)7-10(15)11(12(16)17)19-13(18)9-5-3-2-4-6-9/h2-6,8,10-11,14-15H,7H2,1H3,(H,16,17). The number of carboxylic acid groups (broad SMARTS) is 1. The summed E-state index contributed by atoms with van der Waals surface area (Å²) in [6.07, 6.45) is -4.27. The molecule has 0 spiro atoms. The van der Waals surface area contributed by atoms with Gasteiger partial charge in [-0.1, -0.05) is 18.2 Å². The Morgan fingerprint density at radius 1 is 1.21 bits per heavy atom. The van der Waals surface area contributed by atoms with Gasteiger partial charge in [0.2, 0.25) is 6.10 Å². The number of rotatable bonds is 6. The summed E-state index contributed by atoms with van der Waals surface area (Å²) in [7, 11) is 0. The number of aliphatic hydroxyl groups is 2. The van der Waals surface area contributed by atoms with E-state index in [1.165, 1.54) is 19.1 Å². The molecule has 0 aliphatic rings. The molecule has 0 amide bonds. The van der Waals surface area contributed by atoms with Crippen molar-refractivity contribution in [2.45, 2.75) is 31.7 Å². The Hall–Kier alpha value is -1.92. The van der Waals surface area contributed by atoms with E-state index < -0.39 is 30.3 Å². The second-order valence-corrected chi connectivity index (χ2v) is 4.18. The van der Waals surface area contributed by atoms with Crippen LogP contribution in [0.5, 0.6) is 0 Å². The summed E-state index contributed by atoms with van der Waals surface area (Å²) in [4.78, 5) is 22.7. The Labute approximate surface area is 110 Å². The number of hydrogen-bond acceptors (Lipinski definition) is 5. The lowest BCUT2D eigenvalue weighted by Crippen LogP contribution is -2.39. The lowest BCUT2D eigenvalue weighted by molar-refractivity contribution is -0.154. The van der Waals surface area contributed by atoms with E-state index >= 15 is 0 Å². The molecule has 6 nitrogen and oxygen atoms in total. The first kappa shape index (κ1) is 15.1. The second-order valence-electron chi connectivity index (χ2n) is 4.18. The number of aliphatic hydroxyl groups excluding tert-OH is 2. The molecule has 0 aromatic heterocycles. The number of aliphatic carboxylic acids is 1. The van der Waals surface area contributed by atoms with E-state index in [9.17, 15) is 14.7 Å². The van der Waals surface area contributed by atoms with Crippen molar-refractivity contribution in [3.8, 4) is 0 Å². The first-order valence-electron chi connectivity index (χ1n) is 5.76. The summed E-state index contributed by atoms with van der Waals surface area (Å²) in [6, 6.07) is 7.87. The molecule has 0 heterocycles. The van der Waals surface area contributed by atoms with Crippen LogP contribution in [0.1, 0.15) is 23.7 Å². The maximum Gasteiger partial charge on any atom is 0.347 e. The molecule has 1 rings (SSSR count). The number of carbonyl (C=O) groups excluding carboxylic acids is 1. The maximum atomic E-state index is 11.7. The van der Waals surface area contributed by atoms with Crippen LogP contribution in [0.15, 0.2) is 30.3 Å². The molecule has 0 aliphatic carbocycles. The zero-order chi connectivity index (χ0) is 14.4. The normalized spacial score (nSPS) is 15.3. The topological polar surface area (TPSA) is 104 Å². The van der Waals surface area contributed by atoms with E-state index in [4.69, 9.17) is 14.9 Å². The average molecular weight is 268 g/mol. The van der Waals surface area contributed by atoms with E-state index in [1.54, 1.807) is 18.2 Å². The number of hydrogen-bond donors (Lipinski definition) is 3. The fourth-order valence-electron chi connectivity index (χ4n) is 1.52. The molecule has 104 valence electrons. The predicted octanol–water partition coefficient (Wildman–Crippen LogP) is 0.428. The molecule has 0 bridgehead atoms. The van der Waals surface area contributed by atoms with Gasteiger partial charge in [0, 0.05) is 6.42 Å². The Balaban J connectivity index is 2.74. The van der Waals surface area contributed by atoms with Gasteiger partial charge in [-0.15, -0.1) is 0 Å². The van der Waals surface area contributed by atoms with Gasteiger partial charge in [-0.3, -0.25) is 0 Å². The summed E-state index contributed by atoms with van der Waals surface area (Å²) in [5.41, 5.74) is 0.193. The SMILES string of the molecule is CC(O)CC(O)C(OC(=O)c1ccccc1)C(=O)O. The van der Waals surface area contributed by atoms with Gasteiger partial charge >= 0.3 is 11.9 Å². The van der Waals surface area contributed by atoms with Crippen molar-refractivity contribution in [2.24, 2.45) is 0 Å². The molecule has 0 fully saturated rings. The fraction of sp³-hybridized carbons (Fsp3) is 0.385. The first-order valence-corrected chi connectivity index (χ1v) is 5.76. The predicted molar refractivity (Wildman–Crippen MR) is 65.6 cm³/mol. The van der Waals surface area contributed by atoms with Crippen LogP contribution in [-0.4, -0.2) is 45.6 Å². The highest BCUT2D eigenvalue weighted by atomic mass is 16.6. The van der Waals surface area contributed by atoms with Gasteiger partial charge in [-0.2, -0.15) is 0 Å². The molecule has 0 saturated heterocycles. The van der Waals surface area contributed by atoms with Gasteiger partial charge in [-0.05, 0) is 19.1 Å². The van der Waals surface area contributed by atoms with Crippen molar-refractivity contribution >= 4 is 11.9 Å². The van der Waals surface area contributed by atoms with Crippen molar-refractivity contribution in [1.29, 1.82) is 0 Å². The third-order valence-electron chi connectivity index (χ3n) is 2.42. The zero-order valence-electron chi connectivity index (χ0n) is 10.4. The highest BCUT2D eigenvalue weighted by Gasteiger charge is 2.31. The van der Waals surface area contributed by atoms with E-state index in [0.29, 0.717) is 0 Å². The summed E-state index contributed by atoms with van der Waals surface area (Å²) in [5.74, 6) is -2.30. The van der Waals surface area contributed by atoms with Crippen molar-refractivity contribution in [3.05, 3.63) is 35.9 Å². The fourth-order valence-corrected chi connectivity index (χ4v) is 1.52. The van der Waals surface area contributed by atoms with Gasteiger partial charge in [0.15, 0.2) is 0 Å². The summed E-state index contributed by atoms with van der Waals surface area (Å²) >= 11 is 0. The van der Waals surface area contributed by atoms with Crippen molar-refractivity contribution < 1.29 is 29.6 Å². The summed E-state index contributed by atoms with van der Waals surface area (Å²) in [5, 5.41) is 27.7. The van der Waals surface area contributed by atoms with E-state index in [-0.39, 0.29) is 12.0 Å². The molecule has 3 atom stereocenters. The van der Waals surface area contributed by atoms with Crippen LogP contribution in [0.3, 0.4) is 0 Å². The zero-order valence-corrected chi connectivity index (χ0v) is 10.4. The van der Waals surface area contributed by atoms with E-state index in [1.807, 2.05) is 0 Å². The van der Waals surface area contributed by atoms with Crippen LogP contribution in [-0.2, 0) is 9.53 Å². The number of carboxylic acids is 1. The molecule has 0 radical (unpaired) electrons. The minimum absolute atomic E-state index is 0.193. The lowest BCUT2D eigenvalue weighted by Gasteiger charge is -2.20. The van der Waals surface area contributed by atoms with Gasteiger partial charge in [-0.25, -0.2) is 9.59 Å². The van der Waals surface area contributed by atoms with E-state index in [2.05, 4.69) is 0 Å². The van der Waals surface area contributed by atoms with Crippen molar-refractivity contribution in [3.63, 3.8) is 0 Å². The number of esters is 1. The Morgan fingerprint density at radius 2 is 1.79 bits per heavy atom. The smallest absolute Gasteiger partial charge is 0.347 e.